The van der Waals surface area contributed by atoms with E-state index in [1.807, 2.05) is 12.3 Å². The van der Waals surface area contributed by atoms with Crippen LogP contribution < -0.4 is 5.32 Å². The predicted molar refractivity (Wildman–Crippen MR) is 62.9 cm³/mol. The lowest BCUT2D eigenvalue weighted by atomic mass is 10.2. The number of anilines is 1. The number of aromatic nitrogens is 1. The van der Waals surface area contributed by atoms with Crippen molar-refractivity contribution in [1.29, 1.82) is 0 Å². The molecule has 0 radical (unpaired) electrons. The summed E-state index contributed by atoms with van der Waals surface area (Å²) < 4.78 is 0. The molecule has 2 heterocycles. The molecule has 1 fully saturated rings. The van der Waals surface area contributed by atoms with E-state index in [1.54, 1.807) is 0 Å². The fourth-order valence-electron chi connectivity index (χ4n) is 1.69. The molecule has 1 aromatic heterocycles. The summed E-state index contributed by atoms with van der Waals surface area (Å²) in [5.74, 6) is 2.37. The van der Waals surface area contributed by atoms with Crippen molar-refractivity contribution in [3.63, 3.8) is 0 Å². The largest absolute Gasteiger partial charge is 0.369 e. The summed E-state index contributed by atoms with van der Waals surface area (Å²) >= 11 is 2.08. The number of hydrogen-bond donors (Lipinski definition) is 1. The molecule has 0 amide bonds. The molecule has 1 saturated heterocycles. The molecule has 0 spiro atoms. The van der Waals surface area contributed by atoms with Crippen molar-refractivity contribution >= 4 is 17.6 Å². The lowest BCUT2D eigenvalue weighted by Crippen LogP contribution is -2.14. The molecule has 1 aliphatic rings. The Balaban J connectivity index is 1.88. The topological polar surface area (TPSA) is 24.9 Å². The second-order valence-electron chi connectivity index (χ2n) is 3.68. The Bertz CT molecular complexity index is 295. The Labute approximate surface area is 89.5 Å². The average Bonchev–Trinajstić information content (AvgIpc) is 2.69. The SMILES string of the molecule is Cc1cccnc1NCC1CCCS1. The molecule has 1 aromatic rings. The summed E-state index contributed by atoms with van der Waals surface area (Å²) in [6.07, 6.45) is 4.57. The molecular weight excluding hydrogens is 192 g/mol. The number of thioether (sulfide) groups is 1. The molecule has 0 bridgehead atoms. The number of hydrogen-bond acceptors (Lipinski definition) is 3. The van der Waals surface area contributed by atoms with E-state index in [0.29, 0.717) is 0 Å². The van der Waals surface area contributed by atoms with E-state index in [-0.39, 0.29) is 0 Å². The summed E-state index contributed by atoms with van der Waals surface area (Å²) in [4.78, 5) is 4.32. The molecule has 1 atom stereocenters. The van der Waals surface area contributed by atoms with Gasteiger partial charge in [-0.25, -0.2) is 4.98 Å². The Morgan fingerprint density at radius 2 is 2.57 bits per heavy atom. The second kappa shape index (κ2) is 4.69. The van der Waals surface area contributed by atoms with Crippen molar-refractivity contribution in [3.05, 3.63) is 23.9 Å². The van der Waals surface area contributed by atoms with Crippen molar-refractivity contribution in [2.45, 2.75) is 25.0 Å². The van der Waals surface area contributed by atoms with Gasteiger partial charge in [-0.2, -0.15) is 11.8 Å². The number of pyridine rings is 1. The van der Waals surface area contributed by atoms with E-state index < -0.39 is 0 Å². The van der Waals surface area contributed by atoms with Crippen molar-refractivity contribution in [2.75, 3.05) is 17.6 Å². The van der Waals surface area contributed by atoms with Crippen molar-refractivity contribution < 1.29 is 0 Å². The van der Waals surface area contributed by atoms with Gasteiger partial charge in [-0.3, -0.25) is 0 Å². The molecule has 1 aliphatic heterocycles. The van der Waals surface area contributed by atoms with Crippen LogP contribution in [0.1, 0.15) is 18.4 Å². The lowest BCUT2D eigenvalue weighted by Gasteiger charge is -2.11. The summed E-state index contributed by atoms with van der Waals surface area (Å²) in [7, 11) is 0. The van der Waals surface area contributed by atoms with Gasteiger partial charge in [0.05, 0.1) is 0 Å². The van der Waals surface area contributed by atoms with Gasteiger partial charge in [-0.1, -0.05) is 6.07 Å². The van der Waals surface area contributed by atoms with Crippen LogP contribution in [0.4, 0.5) is 5.82 Å². The third-order valence-electron chi connectivity index (χ3n) is 2.53. The van der Waals surface area contributed by atoms with Crippen LogP contribution in [0, 0.1) is 6.92 Å². The summed E-state index contributed by atoms with van der Waals surface area (Å²) in [6, 6.07) is 4.07. The Morgan fingerprint density at radius 1 is 1.64 bits per heavy atom. The van der Waals surface area contributed by atoms with E-state index in [2.05, 4.69) is 35.1 Å². The monoisotopic (exact) mass is 208 g/mol. The van der Waals surface area contributed by atoms with Crippen LogP contribution >= 0.6 is 11.8 Å². The second-order valence-corrected chi connectivity index (χ2v) is 5.09. The highest BCUT2D eigenvalue weighted by molar-refractivity contribution is 8.00. The predicted octanol–water partition coefficient (Wildman–Crippen LogP) is 2.70. The number of nitrogens with one attached hydrogen (secondary N) is 1. The van der Waals surface area contributed by atoms with Crippen LogP contribution in [0.15, 0.2) is 18.3 Å². The highest BCUT2D eigenvalue weighted by Gasteiger charge is 2.15. The molecule has 0 saturated carbocycles. The van der Waals surface area contributed by atoms with Crippen LogP contribution in [0.5, 0.6) is 0 Å². The first-order chi connectivity index (χ1) is 6.86. The highest BCUT2D eigenvalue weighted by atomic mass is 32.2. The molecule has 1 unspecified atom stereocenters. The Hall–Kier alpha value is -0.700. The summed E-state index contributed by atoms with van der Waals surface area (Å²) in [5, 5.41) is 4.21. The first kappa shape index (κ1) is 9.84. The third-order valence-corrected chi connectivity index (χ3v) is 3.93. The zero-order valence-corrected chi connectivity index (χ0v) is 9.31. The van der Waals surface area contributed by atoms with Gasteiger partial charge in [0.15, 0.2) is 0 Å². The molecule has 0 aliphatic carbocycles. The van der Waals surface area contributed by atoms with Gasteiger partial charge in [0.25, 0.3) is 0 Å². The van der Waals surface area contributed by atoms with Crippen LogP contribution in [0.2, 0.25) is 0 Å². The fourth-order valence-corrected chi connectivity index (χ4v) is 2.89. The van der Waals surface area contributed by atoms with Gasteiger partial charge in [-0.05, 0) is 37.1 Å². The quantitative estimate of drug-likeness (QED) is 0.826. The van der Waals surface area contributed by atoms with E-state index in [1.165, 1.54) is 24.2 Å². The van der Waals surface area contributed by atoms with Gasteiger partial charge >= 0.3 is 0 Å². The molecule has 1 N–H and O–H groups in total. The zero-order chi connectivity index (χ0) is 9.80. The van der Waals surface area contributed by atoms with Crippen molar-refractivity contribution in [3.8, 4) is 0 Å². The minimum atomic E-state index is 0.788. The van der Waals surface area contributed by atoms with Crippen LogP contribution in [-0.2, 0) is 0 Å². The zero-order valence-electron chi connectivity index (χ0n) is 8.49. The Kier molecular flexibility index (Phi) is 3.30. The van der Waals surface area contributed by atoms with Crippen LogP contribution in [-0.4, -0.2) is 22.5 Å². The standard InChI is InChI=1S/C11H16N2S/c1-9-4-2-6-12-11(9)13-8-10-5-3-7-14-10/h2,4,6,10H,3,5,7-8H2,1H3,(H,12,13). The Morgan fingerprint density at radius 3 is 3.29 bits per heavy atom. The van der Waals surface area contributed by atoms with E-state index >= 15 is 0 Å². The van der Waals surface area contributed by atoms with Gasteiger partial charge in [0.2, 0.25) is 0 Å². The smallest absolute Gasteiger partial charge is 0.128 e. The molecule has 3 heteroatoms. The maximum Gasteiger partial charge on any atom is 0.128 e. The van der Waals surface area contributed by atoms with E-state index in [9.17, 15) is 0 Å². The maximum absolute atomic E-state index is 4.32. The fraction of sp³-hybridized carbons (Fsp3) is 0.545. The summed E-state index contributed by atoms with van der Waals surface area (Å²) in [5.41, 5.74) is 1.23. The van der Waals surface area contributed by atoms with Crippen LogP contribution in [0.3, 0.4) is 0 Å². The number of rotatable bonds is 3. The highest BCUT2D eigenvalue weighted by Crippen LogP contribution is 2.26. The lowest BCUT2D eigenvalue weighted by molar-refractivity contribution is 0.803. The average molecular weight is 208 g/mol. The molecule has 2 nitrogen and oxygen atoms in total. The number of nitrogens with zero attached hydrogens (tertiary/aromatic N) is 1. The molecular formula is C11H16N2S. The summed E-state index contributed by atoms with van der Waals surface area (Å²) in [6.45, 7) is 3.15. The van der Waals surface area contributed by atoms with Crippen molar-refractivity contribution in [1.82, 2.24) is 4.98 Å². The normalized spacial score (nSPS) is 21.1. The van der Waals surface area contributed by atoms with Gasteiger partial charge in [0, 0.05) is 18.0 Å². The van der Waals surface area contributed by atoms with Crippen LogP contribution in [0.25, 0.3) is 0 Å². The van der Waals surface area contributed by atoms with E-state index in [0.717, 1.165) is 17.6 Å². The van der Waals surface area contributed by atoms with Gasteiger partial charge in [-0.15, -0.1) is 0 Å². The molecule has 76 valence electrons. The molecule has 2 rings (SSSR count). The molecule has 14 heavy (non-hydrogen) atoms. The van der Waals surface area contributed by atoms with Crippen molar-refractivity contribution in [2.24, 2.45) is 0 Å². The minimum absolute atomic E-state index is 0.788. The minimum Gasteiger partial charge on any atom is -0.369 e. The maximum atomic E-state index is 4.32. The van der Waals surface area contributed by atoms with Gasteiger partial charge in [0.1, 0.15) is 5.82 Å². The first-order valence-corrected chi connectivity index (χ1v) is 6.18. The number of aryl methyl sites for hydroxylation is 1. The van der Waals surface area contributed by atoms with Gasteiger partial charge < -0.3 is 5.32 Å². The third kappa shape index (κ3) is 2.41. The molecule has 0 aromatic carbocycles. The van der Waals surface area contributed by atoms with E-state index in [4.69, 9.17) is 0 Å². The first-order valence-electron chi connectivity index (χ1n) is 5.13.